The summed E-state index contributed by atoms with van der Waals surface area (Å²) < 4.78 is 10.5. The van der Waals surface area contributed by atoms with E-state index in [1.807, 2.05) is 12.1 Å². The predicted octanol–water partition coefficient (Wildman–Crippen LogP) is 3.45. The molecule has 0 saturated heterocycles. The van der Waals surface area contributed by atoms with Crippen molar-refractivity contribution in [3.63, 3.8) is 0 Å². The number of nitriles is 1. The molecule has 0 heterocycles. The molecule has 1 saturated carbocycles. The van der Waals surface area contributed by atoms with Gasteiger partial charge in [0.25, 0.3) is 0 Å². The summed E-state index contributed by atoms with van der Waals surface area (Å²) >= 11 is 0. The number of rotatable bonds is 6. The number of carbonyl (C=O) groups is 1. The van der Waals surface area contributed by atoms with Gasteiger partial charge in [0.2, 0.25) is 5.91 Å². The second-order valence-electron chi connectivity index (χ2n) is 5.89. The first-order chi connectivity index (χ1) is 11.7. The smallest absolute Gasteiger partial charge is 0.244 e. The van der Waals surface area contributed by atoms with Crippen LogP contribution in [0.25, 0.3) is 6.08 Å². The van der Waals surface area contributed by atoms with Gasteiger partial charge in [-0.3, -0.25) is 4.79 Å². The van der Waals surface area contributed by atoms with Crippen LogP contribution in [0.15, 0.2) is 24.3 Å². The number of ether oxygens (including phenoxy) is 2. The zero-order valence-electron chi connectivity index (χ0n) is 14.1. The highest BCUT2D eigenvalue weighted by molar-refractivity contribution is 5.92. The Morgan fingerprint density at radius 3 is 2.71 bits per heavy atom. The van der Waals surface area contributed by atoms with Crippen LogP contribution in [0.5, 0.6) is 11.5 Å². The van der Waals surface area contributed by atoms with Crippen LogP contribution in [-0.2, 0) is 4.79 Å². The molecular weight excluding hydrogens is 304 g/mol. The van der Waals surface area contributed by atoms with Gasteiger partial charge in [0.15, 0.2) is 18.1 Å². The summed E-state index contributed by atoms with van der Waals surface area (Å²) in [6, 6.07) is 7.55. The molecule has 0 unspecified atom stereocenters. The summed E-state index contributed by atoms with van der Waals surface area (Å²) in [5, 5.41) is 11.7. The molecule has 0 spiro atoms. The number of carbonyl (C=O) groups excluding carboxylic acids is 1. The molecule has 1 N–H and O–H groups in total. The molecule has 0 bridgehead atoms. The number of amides is 1. The maximum absolute atomic E-state index is 12.1. The minimum atomic E-state index is -0.0642. The lowest BCUT2D eigenvalue weighted by Gasteiger charge is -2.14. The fraction of sp³-hybridized carbons (Fsp3) is 0.474. The third kappa shape index (κ3) is 5.62. The maximum Gasteiger partial charge on any atom is 0.244 e. The van der Waals surface area contributed by atoms with E-state index in [2.05, 4.69) is 5.32 Å². The quantitative estimate of drug-likeness (QED) is 0.641. The summed E-state index contributed by atoms with van der Waals surface area (Å²) in [5.41, 5.74) is 0.840. The van der Waals surface area contributed by atoms with E-state index in [9.17, 15) is 4.79 Å². The molecule has 1 aromatic carbocycles. The summed E-state index contributed by atoms with van der Waals surface area (Å²) in [5.74, 6) is 0.987. The summed E-state index contributed by atoms with van der Waals surface area (Å²) in [6.45, 7) is -0.0324. The Morgan fingerprint density at radius 2 is 2.04 bits per heavy atom. The van der Waals surface area contributed by atoms with Crippen LogP contribution in [0.4, 0.5) is 0 Å². The zero-order valence-corrected chi connectivity index (χ0v) is 14.1. The molecule has 0 atom stereocenters. The second kappa shape index (κ2) is 9.61. The van der Waals surface area contributed by atoms with Crippen molar-refractivity contribution < 1.29 is 14.3 Å². The van der Waals surface area contributed by atoms with E-state index < -0.39 is 0 Å². The van der Waals surface area contributed by atoms with Crippen LogP contribution in [0.3, 0.4) is 0 Å². The number of nitrogens with zero attached hydrogens (tertiary/aromatic N) is 1. The third-order valence-electron chi connectivity index (χ3n) is 4.11. The Bertz CT molecular complexity index is 612. The monoisotopic (exact) mass is 328 g/mol. The topological polar surface area (TPSA) is 71.3 Å². The Balaban J connectivity index is 1.95. The summed E-state index contributed by atoms with van der Waals surface area (Å²) in [7, 11) is 1.54. The van der Waals surface area contributed by atoms with Gasteiger partial charge < -0.3 is 14.8 Å². The lowest BCUT2D eigenvalue weighted by Crippen LogP contribution is -2.33. The van der Waals surface area contributed by atoms with Crippen LogP contribution < -0.4 is 14.8 Å². The SMILES string of the molecule is COc1cc(C=CC(=O)NC2CCCCCC2)ccc1OCC#N. The highest BCUT2D eigenvalue weighted by atomic mass is 16.5. The third-order valence-corrected chi connectivity index (χ3v) is 4.11. The molecular formula is C19H24N2O3. The fourth-order valence-corrected chi connectivity index (χ4v) is 2.86. The molecule has 0 radical (unpaired) electrons. The Hall–Kier alpha value is -2.48. The average Bonchev–Trinajstić information content (AvgIpc) is 2.87. The summed E-state index contributed by atoms with van der Waals surface area (Å²) in [4.78, 5) is 12.1. The van der Waals surface area contributed by atoms with Crippen molar-refractivity contribution in [3.8, 4) is 17.6 Å². The predicted molar refractivity (Wildman–Crippen MR) is 92.8 cm³/mol. The van der Waals surface area contributed by atoms with Crippen molar-refractivity contribution in [3.05, 3.63) is 29.8 Å². The molecule has 24 heavy (non-hydrogen) atoms. The first kappa shape index (κ1) is 17.9. The maximum atomic E-state index is 12.1. The largest absolute Gasteiger partial charge is 0.493 e. The molecule has 2 rings (SSSR count). The van der Waals surface area contributed by atoms with Crippen molar-refractivity contribution in [1.29, 1.82) is 5.26 Å². The van der Waals surface area contributed by atoms with Crippen LogP contribution in [0, 0.1) is 11.3 Å². The number of benzene rings is 1. The van der Waals surface area contributed by atoms with Gasteiger partial charge in [-0.05, 0) is 36.6 Å². The normalized spacial score (nSPS) is 15.5. The van der Waals surface area contributed by atoms with Crippen LogP contribution in [-0.4, -0.2) is 25.7 Å². The van der Waals surface area contributed by atoms with E-state index in [4.69, 9.17) is 14.7 Å². The van der Waals surface area contributed by atoms with E-state index in [-0.39, 0.29) is 12.5 Å². The molecule has 1 fully saturated rings. The Kier molecular flexibility index (Phi) is 7.16. The molecule has 5 nitrogen and oxygen atoms in total. The molecule has 1 aromatic rings. The van der Waals surface area contributed by atoms with Gasteiger partial charge in [0.1, 0.15) is 6.07 Å². The van der Waals surface area contributed by atoms with Gasteiger partial charge >= 0.3 is 0 Å². The van der Waals surface area contributed by atoms with Gasteiger partial charge in [-0.1, -0.05) is 31.7 Å². The van der Waals surface area contributed by atoms with Crippen molar-refractivity contribution in [1.82, 2.24) is 5.32 Å². The number of nitrogens with one attached hydrogen (secondary N) is 1. The molecule has 1 aliphatic carbocycles. The second-order valence-corrected chi connectivity index (χ2v) is 5.89. The van der Waals surface area contributed by atoms with Crippen molar-refractivity contribution in [2.24, 2.45) is 0 Å². The minimum absolute atomic E-state index is 0.0324. The van der Waals surface area contributed by atoms with E-state index in [1.165, 1.54) is 25.7 Å². The van der Waals surface area contributed by atoms with Crippen LogP contribution in [0.2, 0.25) is 0 Å². The average molecular weight is 328 g/mol. The first-order valence-electron chi connectivity index (χ1n) is 8.39. The van der Waals surface area contributed by atoms with E-state index in [0.717, 1.165) is 18.4 Å². The van der Waals surface area contributed by atoms with Crippen LogP contribution >= 0.6 is 0 Å². The minimum Gasteiger partial charge on any atom is -0.493 e. The first-order valence-corrected chi connectivity index (χ1v) is 8.39. The lowest BCUT2D eigenvalue weighted by atomic mass is 10.1. The van der Waals surface area contributed by atoms with Gasteiger partial charge in [-0.25, -0.2) is 0 Å². The van der Waals surface area contributed by atoms with Crippen molar-refractivity contribution in [2.75, 3.05) is 13.7 Å². The molecule has 128 valence electrons. The molecule has 5 heteroatoms. The highest BCUT2D eigenvalue weighted by Gasteiger charge is 2.13. The Labute approximate surface area is 143 Å². The fourth-order valence-electron chi connectivity index (χ4n) is 2.86. The summed E-state index contributed by atoms with van der Waals surface area (Å²) in [6.07, 6.45) is 10.4. The van der Waals surface area contributed by atoms with Gasteiger partial charge in [-0.15, -0.1) is 0 Å². The number of methoxy groups -OCH3 is 1. The van der Waals surface area contributed by atoms with Gasteiger partial charge in [0, 0.05) is 12.1 Å². The van der Waals surface area contributed by atoms with Gasteiger partial charge in [0.05, 0.1) is 7.11 Å². The van der Waals surface area contributed by atoms with Crippen molar-refractivity contribution >= 4 is 12.0 Å². The van der Waals surface area contributed by atoms with Gasteiger partial charge in [-0.2, -0.15) is 5.26 Å². The standard InChI is InChI=1S/C19H24N2O3/c1-23-18-14-15(8-10-17(18)24-13-12-20)9-11-19(22)21-16-6-4-2-3-5-7-16/h8-11,14,16H,2-7,13H2,1H3,(H,21,22). The van der Waals surface area contributed by atoms with E-state index in [0.29, 0.717) is 17.5 Å². The van der Waals surface area contributed by atoms with Crippen molar-refractivity contribution in [2.45, 2.75) is 44.6 Å². The lowest BCUT2D eigenvalue weighted by molar-refractivity contribution is -0.117. The Morgan fingerprint density at radius 1 is 1.29 bits per heavy atom. The van der Waals surface area contributed by atoms with E-state index >= 15 is 0 Å². The number of hydrogen-bond donors (Lipinski definition) is 1. The molecule has 0 aromatic heterocycles. The van der Waals surface area contributed by atoms with E-state index in [1.54, 1.807) is 31.4 Å². The molecule has 0 aliphatic heterocycles. The zero-order chi connectivity index (χ0) is 17.2. The highest BCUT2D eigenvalue weighted by Crippen LogP contribution is 2.28. The number of hydrogen-bond acceptors (Lipinski definition) is 4. The molecule has 1 aliphatic rings. The van der Waals surface area contributed by atoms with Crippen LogP contribution in [0.1, 0.15) is 44.1 Å². The molecule has 1 amide bonds.